The molecule has 0 saturated carbocycles. The lowest BCUT2D eigenvalue weighted by atomic mass is 9.90. The largest absolute Gasteiger partial charge is 0.454 e. The number of carbonyl (C=O) groups is 1. The molecule has 2 aromatic carbocycles. The number of nitrogens with zero attached hydrogens (tertiary/aromatic N) is 1. The van der Waals surface area contributed by atoms with Gasteiger partial charge in [-0.3, -0.25) is 4.79 Å². The van der Waals surface area contributed by atoms with Crippen LogP contribution in [0.3, 0.4) is 0 Å². The van der Waals surface area contributed by atoms with Crippen LogP contribution in [0.1, 0.15) is 30.4 Å². The summed E-state index contributed by atoms with van der Waals surface area (Å²) in [6.07, 6.45) is 4.64. The molecule has 1 saturated heterocycles. The molecule has 2 heterocycles. The molecule has 1 fully saturated rings. The number of piperidine rings is 1. The highest BCUT2D eigenvalue weighted by molar-refractivity contribution is 5.76. The molecule has 0 bridgehead atoms. The Bertz CT molecular complexity index is 751. The number of likely N-dealkylation sites (tertiary alicyclic amines) is 1. The van der Waals surface area contributed by atoms with E-state index in [9.17, 15) is 4.79 Å². The number of ether oxygens (including phenoxy) is 2. The quantitative estimate of drug-likeness (QED) is 0.822. The standard InChI is InChI=1S/C22H25NO3/c24-22(9-7-18-6-8-20-21(15-18)26-16-25-20)23-12-10-19(11-13-23)14-17-4-2-1-3-5-17/h1-6,8,15,19H,7,9-14,16H2. The van der Waals surface area contributed by atoms with Gasteiger partial charge in [-0.05, 0) is 54.9 Å². The van der Waals surface area contributed by atoms with Gasteiger partial charge >= 0.3 is 0 Å². The summed E-state index contributed by atoms with van der Waals surface area (Å²) in [6.45, 7) is 2.06. The van der Waals surface area contributed by atoms with Gasteiger partial charge in [-0.25, -0.2) is 0 Å². The molecule has 136 valence electrons. The van der Waals surface area contributed by atoms with Crippen molar-refractivity contribution < 1.29 is 14.3 Å². The third kappa shape index (κ3) is 4.01. The van der Waals surface area contributed by atoms with Gasteiger partial charge in [0.15, 0.2) is 11.5 Å². The molecule has 0 unspecified atom stereocenters. The number of hydrogen-bond acceptors (Lipinski definition) is 3. The van der Waals surface area contributed by atoms with Gasteiger partial charge in [0.05, 0.1) is 0 Å². The van der Waals surface area contributed by atoms with E-state index in [0.717, 1.165) is 55.8 Å². The monoisotopic (exact) mass is 351 g/mol. The van der Waals surface area contributed by atoms with Crippen molar-refractivity contribution >= 4 is 5.91 Å². The van der Waals surface area contributed by atoms with Crippen LogP contribution in [-0.2, 0) is 17.6 Å². The van der Waals surface area contributed by atoms with E-state index in [1.165, 1.54) is 5.56 Å². The third-order valence-electron chi connectivity index (χ3n) is 5.40. The minimum absolute atomic E-state index is 0.265. The summed E-state index contributed by atoms with van der Waals surface area (Å²) in [6, 6.07) is 16.6. The average Bonchev–Trinajstić information content (AvgIpc) is 3.15. The molecular formula is C22H25NO3. The molecule has 1 amide bonds. The van der Waals surface area contributed by atoms with E-state index in [2.05, 4.69) is 30.3 Å². The maximum absolute atomic E-state index is 12.5. The van der Waals surface area contributed by atoms with Gasteiger partial charge in [0.2, 0.25) is 12.7 Å². The fourth-order valence-electron chi connectivity index (χ4n) is 3.84. The first-order valence-electron chi connectivity index (χ1n) is 9.48. The highest BCUT2D eigenvalue weighted by Crippen LogP contribution is 2.32. The fraction of sp³-hybridized carbons (Fsp3) is 0.409. The summed E-state index contributed by atoms with van der Waals surface area (Å²) in [5.74, 6) is 2.54. The number of carbonyl (C=O) groups excluding carboxylic acids is 1. The molecule has 0 spiro atoms. The fourth-order valence-corrected chi connectivity index (χ4v) is 3.84. The molecule has 0 atom stereocenters. The maximum Gasteiger partial charge on any atom is 0.231 e. The van der Waals surface area contributed by atoms with Crippen LogP contribution >= 0.6 is 0 Å². The van der Waals surface area contributed by atoms with E-state index < -0.39 is 0 Å². The number of rotatable bonds is 5. The molecule has 0 aliphatic carbocycles. The number of hydrogen-bond donors (Lipinski definition) is 0. The van der Waals surface area contributed by atoms with Crippen LogP contribution in [0.4, 0.5) is 0 Å². The maximum atomic E-state index is 12.5. The van der Waals surface area contributed by atoms with Crippen LogP contribution in [0.15, 0.2) is 48.5 Å². The molecule has 0 N–H and O–H groups in total. The third-order valence-corrected chi connectivity index (χ3v) is 5.40. The van der Waals surface area contributed by atoms with Crippen molar-refractivity contribution in [2.24, 2.45) is 5.92 Å². The second-order valence-corrected chi connectivity index (χ2v) is 7.20. The Morgan fingerprint density at radius 2 is 1.73 bits per heavy atom. The number of benzene rings is 2. The average molecular weight is 351 g/mol. The second kappa shape index (κ2) is 7.81. The topological polar surface area (TPSA) is 38.8 Å². The van der Waals surface area contributed by atoms with Crippen molar-refractivity contribution in [2.45, 2.75) is 32.1 Å². The summed E-state index contributed by atoms with van der Waals surface area (Å²) in [5, 5.41) is 0. The van der Waals surface area contributed by atoms with Crippen molar-refractivity contribution in [1.29, 1.82) is 0 Å². The Labute approximate surface area is 154 Å². The lowest BCUT2D eigenvalue weighted by molar-refractivity contribution is -0.132. The summed E-state index contributed by atoms with van der Waals surface area (Å²) in [5.41, 5.74) is 2.53. The van der Waals surface area contributed by atoms with Gasteiger partial charge in [0.1, 0.15) is 0 Å². The van der Waals surface area contributed by atoms with E-state index in [4.69, 9.17) is 9.47 Å². The van der Waals surface area contributed by atoms with Crippen molar-refractivity contribution in [3.8, 4) is 11.5 Å². The minimum atomic E-state index is 0.265. The first kappa shape index (κ1) is 17.0. The smallest absolute Gasteiger partial charge is 0.231 e. The van der Waals surface area contributed by atoms with Gasteiger partial charge in [-0.15, -0.1) is 0 Å². The summed E-state index contributed by atoms with van der Waals surface area (Å²) >= 11 is 0. The SMILES string of the molecule is O=C(CCc1ccc2c(c1)OCO2)N1CCC(Cc2ccccc2)CC1. The van der Waals surface area contributed by atoms with Crippen LogP contribution in [0, 0.1) is 5.92 Å². The summed E-state index contributed by atoms with van der Waals surface area (Å²) in [4.78, 5) is 14.6. The zero-order valence-electron chi connectivity index (χ0n) is 15.0. The van der Waals surface area contributed by atoms with E-state index in [1.54, 1.807) is 0 Å². The molecule has 4 nitrogen and oxygen atoms in total. The number of fused-ring (bicyclic) bond motifs is 1. The highest BCUT2D eigenvalue weighted by Gasteiger charge is 2.23. The van der Waals surface area contributed by atoms with Crippen LogP contribution in [0.25, 0.3) is 0 Å². The minimum Gasteiger partial charge on any atom is -0.454 e. The van der Waals surface area contributed by atoms with Crippen molar-refractivity contribution in [2.75, 3.05) is 19.9 Å². The molecule has 2 aliphatic heterocycles. The molecule has 0 radical (unpaired) electrons. The summed E-state index contributed by atoms with van der Waals surface area (Å²) in [7, 11) is 0. The molecule has 2 aliphatic rings. The van der Waals surface area contributed by atoms with Gasteiger partial charge in [-0.2, -0.15) is 0 Å². The molecule has 4 rings (SSSR count). The van der Waals surface area contributed by atoms with E-state index in [1.807, 2.05) is 23.1 Å². The molecule has 4 heteroatoms. The Hall–Kier alpha value is -2.49. The first-order valence-corrected chi connectivity index (χ1v) is 9.48. The lowest BCUT2D eigenvalue weighted by Crippen LogP contribution is -2.39. The van der Waals surface area contributed by atoms with Crippen LogP contribution in [0.2, 0.25) is 0 Å². The zero-order valence-corrected chi connectivity index (χ0v) is 15.0. The Balaban J connectivity index is 1.23. The highest BCUT2D eigenvalue weighted by atomic mass is 16.7. The molecular weight excluding hydrogens is 326 g/mol. The van der Waals surface area contributed by atoms with Gasteiger partial charge in [-0.1, -0.05) is 36.4 Å². The lowest BCUT2D eigenvalue weighted by Gasteiger charge is -2.32. The predicted octanol–water partition coefficient (Wildman–Crippen LogP) is 3.83. The summed E-state index contributed by atoms with van der Waals surface area (Å²) < 4.78 is 10.7. The normalized spacial score (nSPS) is 16.7. The van der Waals surface area contributed by atoms with Gasteiger partial charge < -0.3 is 14.4 Å². The van der Waals surface area contributed by atoms with Crippen molar-refractivity contribution in [3.05, 3.63) is 59.7 Å². The second-order valence-electron chi connectivity index (χ2n) is 7.20. The predicted molar refractivity (Wildman–Crippen MR) is 100 cm³/mol. The Kier molecular flexibility index (Phi) is 5.09. The zero-order chi connectivity index (χ0) is 17.8. The molecule has 0 aromatic heterocycles. The van der Waals surface area contributed by atoms with E-state index >= 15 is 0 Å². The van der Waals surface area contributed by atoms with E-state index in [-0.39, 0.29) is 12.7 Å². The van der Waals surface area contributed by atoms with Gasteiger partial charge in [0.25, 0.3) is 0 Å². The van der Waals surface area contributed by atoms with E-state index in [0.29, 0.717) is 12.3 Å². The first-order chi connectivity index (χ1) is 12.8. The van der Waals surface area contributed by atoms with Crippen LogP contribution in [0.5, 0.6) is 11.5 Å². The molecule has 26 heavy (non-hydrogen) atoms. The Morgan fingerprint density at radius 3 is 2.54 bits per heavy atom. The van der Waals surface area contributed by atoms with Crippen molar-refractivity contribution in [3.63, 3.8) is 0 Å². The van der Waals surface area contributed by atoms with Gasteiger partial charge in [0, 0.05) is 19.5 Å². The number of amides is 1. The molecule has 2 aromatic rings. The number of aryl methyl sites for hydroxylation is 1. The van der Waals surface area contributed by atoms with Crippen LogP contribution in [-0.4, -0.2) is 30.7 Å². The van der Waals surface area contributed by atoms with Crippen LogP contribution < -0.4 is 9.47 Å². The Morgan fingerprint density at radius 1 is 0.962 bits per heavy atom. The van der Waals surface area contributed by atoms with Crippen molar-refractivity contribution in [1.82, 2.24) is 4.90 Å².